The van der Waals surface area contributed by atoms with Crippen LogP contribution in [0.3, 0.4) is 0 Å². The van der Waals surface area contributed by atoms with E-state index in [1.54, 1.807) is 35.8 Å². The second-order valence-electron chi connectivity index (χ2n) is 8.23. The molecule has 2 aromatic carbocycles. The SMILES string of the molecule is CCOC(=O)c1ccc(NC(=O)CSc2nc3c(-c4ccccc4)c[nH]c3c(=O)n2C2CC2)cc1. The molecule has 2 aromatic heterocycles. The fourth-order valence-electron chi connectivity index (χ4n) is 3.88. The lowest BCUT2D eigenvalue weighted by molar-refractivity contribution is -0.113. The van der Waals surface area contributed by atoms with E-state index >= 15 is 0 Å². The van der Waals surface area contributed by atoms with Gasteiger partial charge in [0.1, 0.15) is 11.0 Å². The highest BCUT2D eigenvalue weighted by atomic mass is 32.2. The van der Waals surface area contributed by atoms with E-state index in [9.17, 15) is 14.4 Å². The van der Waals surface area contributed by atoms with Crippen molar-refractivity contribution in [3.63, 3.8) is 0 Å². The third-order valence-corrected chi connectivity index (χ3v) is 6.66. The molecule has 4 aromatic rings. The molecule has 0 aliphatic heterocycles. The molecule has 1 amide bonds. The van der Waals surface area contributed by atoms with Crippen molar-refractivity contribution in [3.05, 3.63) is 76.7 Å². The van der Waals surface area contributed by atoms with Crippen LogP contribution in [0.2, 0.25) is 0 Å². The van der Waals surface area contributed by atoms with Crippen molar-refractivity contribution in [2.75, 3.05) is 17.7 Å². The standard InChI is InChI=1S/C26H24N4O4S/c1-2-34-25(33)17-8-10-18(11-9-17)28-21(31)15-35-26-29-22-20(16-6-4-3-5-7-16)14-27-23(22)24(32)30(26)19-12-13-19/h3-11,14,19,27H,2,12-13,15H2,1H3,(H,28,31). The number of hydrogen-bond donors (Lipinski definition) is 2. The van der Waals surface area contributed by atoms with Crippen LogP contribution in [0, 0.1) is 0 Å². The maximum absolute atomic E-state index is 13.3. The number of aromatic nitrogens is 3. The molecule has 35 heavy (non-hydrogen) atoms. The van der Waals surface area contributed by atoms with E-state index < -0.39 is 5.97 Å². The Morgan fingerprint density at radius 3 is 2.57 bits per heavy atom. The summed E-state index contributed by atoms with van der Waals surface area (Å²) >= 11 is 1.25. The van der Waals surface area contributed by atoms with Gasteiger partial charge in [-0.1, -0.05) is 42.1 Å². The number of amides is 1. The van der Waals surface area contributed by atoms with Crippen LogP contribution in [-0.2, 0) is 9.53 Å². The first kappa shape index (κ1) is 22.9. The van der Waals surface area contributed by atoms with Crippen LogP contribution in [0.4, 0.5) is 5.69 Å². The van der Waals surface area contributed by atoms with Crippen molar-refractivity contribution in [1.29, 1.82) is 0 Å². The third kappa shape index (κ3) is 4.85. The molecule has 8 nitrogen and oxygen atoms in total. The normalized spacial score (nSPS) is 13.1. The van der Waals surface area contributed by atoms with Crippen LogP contribution in [-0.4, -0.2) is 38.8 Å². The highest BCUT2D eigenvalue weighted by Gasteiger charge is 2.29. The van der Waals surface area contributed by atoms with E-state index in [1.165, 1.54) is 11.8 Å². The fraction of sp³-hybridized carbons (Fsp3) is 0.231. The van der Waals surface area contributed by atoms with Crippen LogP contribution in [0.5, 0.6) is 0 Å². The Morgan fingerprint density at radius 1 is 1.14 bits per heavy atom. The Hall–Kier alpha value is -3.85. The molecule has 0 bridgehead atoms. The van der Waals surface area contributed by atoms with E-state index in [0.717, 1.165) is 24.0 Å². The number of carbonyl (C=O) groups is 2. The smallest absolute Gasteiger partial charge is 0.338 e. The topological polar surface area (TPSA) is 106 Å². The Labute approximate surface area is 205 Å². The van der Waals surface area contributed by atoms with Gasteiger partial charge in [0.2, 0.25) is 5.91 Å². The van der Waals surface area contributed by atoms with Gasteiger partial charge < -0.3 is 15.0 Å². The minimum Gasteiger partial charge on any atom is -0.462 e. The van der Waals surface area contributed by atoms with Crippen molar-refractivity contribution in [1.82, 2.24) is 14.5 Å². The molecule has 0 spiro atoms. The Bertz CT molecular complexity index is 1440. The summed E-state index contributed by atoms with van der Waals surface area (Å²) in [6, 6.07) is 16.4. The van der Waals surface area contributed by atoms with Gasteiger partial charge in [0.25, 0.3) is 5.56 Å². The zero-order chi connectivity index (χ0) is 24.4. The summed E-state index contributed by atoms with van der Waals surface area (Å²) in [5.74, 6) is -0.539. The zero-order valence-electron chi connectivity index (χ0n) is 19.1. The highest BCUT2D eigenvalue weighted by Crippen LogP contribution is 2.37. The molecule has 5 rings (SSSR count). The van der Waals surface area contributed by atoms with Gasteiger partial charge in [-0.3, -0.25) is 14.2 Å². The number of rotatable bonds is 8. The number of thioether (sulfide) groups is 1. The quantitative estimate of drug-likeness (QED) is 0.213. The molecular formula is C26H24N4O4S. The van der Waals surface area contributed by atoms with Crippen molar-refractivity contribution < 1.29 is 14.3 Å². The van der Waals surface area contributed by atoms with E-state index in [1.807, 2.05) is 36.5 Å². The lowest BCUT2D eigenvalue weighted by Gasteiger charge is -2.12. The van der Waals surface area contributed by atoms with E-state index in [-0.39, 0.29) is 23.3 Å². The number of esters is 1. The molecule has 1 aliphatic rings. The number of ether oxygens (including phenoxy) is 1. The number of hydrogen-bond acceptors (Lipinski definition) is 6. The van der Waals surface area contributed by atoms with Crippen molar-refractivity contribution >= 4 is 40.4 Å². The van der Waals surface area contributed by atoms with E-state index in [0.29, 0.717) is 34.0 Å². The molecule has 0 radical (unpaired) electrons. The molecule has 178 valence electrons. The third-order valence-electron chi connectivity index (χ3n) is 5.71. The van der Waals surface area contributed by atoms with Gasteiger partial charge in [-0.15, -0.1) is 0 Å². The van der Waals surface area contributed by atoms with Crippen LogP contribution in [0.1, 0.15) is 36.2 Å². The zero-order valence-corrected chi connectivity index (χ0v) is 19.9. The van der Waals surface area contributed by atoms with Gasteiger partial charge in [0.05, 0.1) is 17.9 Å². The monoisotopic (exact) mass is 488 g/mol. The number of anilines is 1. The first-order valence-corrected chi connectivity index (χ1v) is 12.4. The Balaban J connectivity index is 1.36. The van der Waals surface area contributed by atoms with Crippen molar-refractivity contribution in [3.8, 4) is 11.1 Å². The number of aromatic amines is 1. The lowest BCUT2D eigenvalue weighted by Crippen LogP contribution is -2.23. The van der Waals surface area contributed by atoms with Crippen LogP contribution in [0.25, 0.3) is 22.2 Å². The van der Waals surface area contributed by atoms with Crippen molar-refractivity contribution in [2.45, 2.75) is 31.0 Å². The minimum absolute atomic E-state index is 0.0926. The average Bonchev–Trinajstić information content (AvgIpc) is 3.61. The minimum atomic E-state index is -0.403. The summed E-state index contributed by atoms with van der Waals surface area (Å²) in [6.07, 6.45) is 3.66. The number of nitrogens with one attached hydrogen (secondary N) is 2. The molecule has 1 saturated carbocycles. The summed E-state index contributed by atoms with van der Waals surface area (Å²) < 4.78 is 6.68. The first-order valence-electron chi connectivity index (χ1n) is 11.4. The van der Waals surface area contributed by atoms with E-state index in [2.05, 4.69) is 10.3 Å². The number of fused-ring (bicyclic) bond motifs is 1. The van der Waals surface area contributed by atoms with E-state index in [4.69, 9.17) is 9.72 Å². The summed E-state index contributed by atoms with van der Waals surface area (Å²) in [4.78, 5) is 45.7. The molecule has 0 unspecified atom stereocenters. The molecule has 1 fully saturated rings. The van der Waals surface area contributed by atoms with Gasteiger partial charge in [-0.05, 0) is 49.6 Å². The average molecular weight is 489 g/mol. The molecule has 2 heterocycles. The predicted octanol–water partition coefficient (Wildman–Crippen LogP) is 4.63. The second kappa shape index (κ2) is 9.79. The van der Waals surface area contributed by atoms with Gasteiger partial charge in [-0.25, -0.2) is 9.78 Å². The lowest BCUT2D eigenvalue weighted by atomic mass is 10.1. The van der Waals surface area contributed by atoms with Gasteiger partial charge >= 0.3 is 5.97 Å². The molecule has 9 heteroatoms. The Morgan fingerprint density at radius 2 is 1.89 bits per heavy atom. The predicted molar refractivity (Wildman–Crippen MR) is 136 cm³/mol. The second-order valence-corrected chi connectivity index (χ2v) is 9.17. The summed E-state index contributed by atoms with van der Waals surface area (Å²) in [7, 11) is 0. The fourth-order valence-corrected chi connectivity index (χ4v) is 4.74. The molecule has 2 N–H and O–H groups in total. The summed E-state index contributed by atoms with van der Waals surface area (Å²) in [5.41, 5.74) is 3.79. The number of benzene rings is 2. The number of carbonyl (C=O) groups excluding carboxylic acids is 2. The maximum atomic E-state index is 13.3. The van der Waals surface area contributed by atoms with Crippen LogP contribution >= 0.6 is 11.8 Å². The maximum Gasteiger partial charge on any atom is 0.338 e. The summed E-state index contributed by atoms with van der Waals surface area (Å²) in [6.45, 7) is 2.05. The molecule has 0 saturated heterocycles. The Kier molecular flexibility index (Phi) is 6.41. The van der Waals surface area contributed by atoms with Gasteiger partial charge in [0.15, 0.2) is 5.16 Å². The van der Waals surface area contributed by atoms with Crippen molar-refractivity contribution in [2.24, 2.45) is 0 Å². The van der Waals surface area contributed by atoms with Crippen LogP contribution < -0.4 is 10.9 Å². The molecular weight excluding hydrogens is 464 g/mol. The first-order chi connectivity index (χ1) is 17.0. The molecule has 0 atom stereocenters. The largest absolute Gasteiger partial charge is 0.462 e. The number of nitrogens with zero attached hydrogens (tertiary/aromatic N) is 2. The van der Waals surface area contributed by atoms with Gasteiger partial charge in [-0.2, -0.15) is 0 Å². The highest BCUT2D eigenvalue weighted by molar-refractivity contribution is 7.99. The van der Waals surface area contributed by atoms with Gasteiger partial charge in [0, 0.05) is 23.5 Å². The molecule has 1 aliphatic carbocycles. The van der Waals surface area contributed by atoms with Crippen LogP contribution in [0.15, 0.2) is 70.7 Å². The number of H-pyrrole nitrogens is 1. The summed E-state index contributed by atoms with van der Waals surface area (Å²) in [5, 5.41) is 3.36.